The molecule has 96 valence electrons. The molecule has 0 radical (unpaired) electrons. The van der Waals surface area contributed by atoms with Crippen LogP contribution in [0.5, 0.6) is 0 Å². The summed E-state index contributed by atoms with van der Waals surface area (Å²) in [6.07, 6.45) is 7.00. The van der Waals surface area contributed by atoms with Crippen LogP contribution in [0.15, 0.2) is 4.42 Å². The largest absolute Gasteiger partial charge is 0.425 e. The van der Waals surface area contributed by atoms with Crippen molar-refractivity contribution in [2.24, 2.45) is 0 Å². The Labute approximate surface area is 103 Å². The van der Waals surface area contributed by atoms with E-state index in [-0.39, 0.29) is 0 Å². The maximum Gasteiger partial charge on any atom is 0.219 e. The Bertz CT molecular complexity index is 329. The first kappa shape index (κ1) is 12.6. The van der Waals surface area contributed by atoms with Crippen molar-refractivity contribution >= 4 is 0 Å². The molecule has 2 rings (SSSR count). The standard InChI is InChI=1S/C13H23N3O/c1-10(2)14-9-5-8-12-15-16-13(17-12)11-6-3-4-7-11/h10-11,14H,3-9H2,1-2H3. The van der Waals surface area contributed by atoms with Crippen LogP contribution in [0.1, 0.15) is 63.7 Å². The van der Waals surface area contributed by atoms with Crippen LogP contribution in [0, 0.1) is 0 Å². The lowest BCUT2D eigenvalue weighted by Gasteiger charge is -2.05. The van der Waals surface area contributed by atoms with Crippen molar-refractivity contribution < 1.29 is 4.42 Å². The summed E-state index contributed by atoms with van der Waals surface area (Å²) in [4.78, 5) is 0. The number of hydrogen-bond donors (Lipinski definition) is 1. The summed E-state index contributed by atoms with van der Waals surface area (Å²) >= 11 is 0. The topological polar surface area (TPSA) is 51.0 Å². The quantitative estimate of drug-likeness (QED) is 0.773. The third kappa shape index (κ3) is 3.80. The molecule has 1 heterocycles. The zero-order chi connectivity index (χ0) is 12.1. The molecule has 1 N–H and O–H groups in total. The van der Waals surface area contributed by atoms with Crippen molar-refractivity contribution in [3.63, 3.8) is 0 Å². The van der Waals surface area contributed by atoms with Crippen LogP contribution in [0.4, 0.5) is 0 Å². The van der Waals surface area contributed by atoms with Crippen molar-refractivity contribution in [1.82, 2.24) is 15.5 Å². The molecule has 0 aliphatic heterocycles. The minimum atomic E-state index is 0.532. The van der Waals surface area contributed by atoms with E-state index >= 15 is 0 Å². The highest BCUT2D eigenvalue weighted by molar-refractivity contribution is 4.94. The van der Waals surface area contributed by atoms with E-state index in [2.05, 4.69) is 29.4 Å². The van der Waals surface area contributed by atoms with Gasteiger partial charge in [0.05, 0.1) is 0 Å². The molecular formula is C13H23N3O. The predicted octanol–water partition coefficient (Wildman–Crippen LogP) is 2.66. The summed E-state index contributed by atoms with van der Waals surface area (Å²) in [6, 6.07) is 0.548. The van der Waals surface area contributed by atoms with Gasteiger partial charge in [-0.3, -0.25) is 0 Å². The van der Waals surface area contributed by atoms with Crippen molar-refractivity contribution in [3.8, 4) is 0 Å². The second-order valence-corrected chi connectivity index (χ2v) is 5.23. The van der Waals surface area contributed by atoms with Crippen LogP contribution < -0.4 is 5.32 Å². The Balaban J connectivity index is 1.74. The van der Waals surface area contributed by atoms with Crippen LogP contribution in [0.3, 0.4) is 0 Å². The molecule has 0 spiro atoms. The van der Waals surface area contributed by atoms with Gasteiger partial charge in [0.15, 0.2) is 0 Å². The predicted molar refractivity (Wildman–Crippen MR) is 67.0 cm³/mol. The maximum absolute atomic E-state index is 5.72. The molecule has 0 aromatic carbocycles. The van der Waals surface area contributed by atoms with Gasteiger partial charge in [-0.1, -0.05) is 26.7 Å². The minimum absolute atomic E-state index is 0.532. The molecule has 0 amide bonds. The first-order chi connectivity index (χ1) is 8.25. The third-order valence-electron chi connectivity index (χ3n) is 3.31. The summed E-state index contributed by atoms with van der Waals surface area (Å²) in [5.74, 6) is 2.21. The summed E-state index contributed by atoms with van der Waals surface area (Å²) in [5.41, 5.74) is 0. The summed E-state index contributed by atoms with van der Waals surface area (Å²) in [6.45, 7) is 5.33. The Morgan fingerprint density at radius 3 is 2.76 bits per heavy atom. The van der Waals surface area contributed by atoms with E-state index in [1.165, 1.54) is 25.7 Å². The molecular weight excluding hydrogens is 214 g/mol. The fraction of sp³-hybridized carbons (Fsp3) is 0.846. The maximum atomic E-state index is 5.72. The number of nitrogens with zero attached hydrogens (tertiary/aromatic N) is 2. The van der Waals surface area contributed by atoms with Gasteiger partial charge >= 0.3 is 0 Å². The minimum Gasteiger partial charge on any atom is -0.425 e. The molecule has 17 heavy (non-hydrogen) atoms. The van der Waals surface area contributed by atoms with Gasteiger partial charge in [-0.15, -0.1) is 10.2 Å². The summed E-state index contributed by atoms with van der Waals surface area (Å²) < 4.78 is 5.72. The summed E-state index contributed by atoms with van der Waals surface area (Å²) in [5, 5.41) is 11.7. The van der Waals surface area contributed by atoms with E-state index in [4.69, 9.17) is 4.42 Å². The number of rotatable bonds is 6. The van der Waals surface area contributed by atoms with Crippen molar-refractivity contribution in [2.45, 2.75) is 64.3 Å². The average molecular weight is 237 g/mol. The van der Waals surface area contributed by atoms with E-state index < -0.39 is 0 Å². The lowest BCUT2D eigenvalue weighted by molar-refractivity contribution is 0.410. The molecule has 1 fully saturated rings. The van der Waals surface area contributed by atoms with E-state index in [0.29, 0.717) is 12.0 Å². The van der Waals surface area contributed by atoms with Gasteiger partial charge in [0.2, 0.25) is 11.8 Å². The van der Waals surface area contributed by atoms with Gasteiger partial charge in [0.25, 0.3) is 0 Å². The number of aryl methyl sites for hydroxylation is 1. The SMILES string of the molecule is CC(C)NCCCc1nnc(C2CCCC2)o1. The van der Waals surface area contributed by atoms with Gasteiger partial charge in [-0.05, 0) is 25.8 Å². The normalized spacial score (nSPS) is 17.1. The monoisotopic (exact) mass is 237 g/mol. The van der Waals surface area contributed by atoms with E-state index in [1.54, 1.807) is 0 Å². The second kappa shape index (κ2) is 6.15. The van der Waals surface area contributed by atoms with Crippen LogP contribution in [-0.2, 0) is 6.42 Å². The first-order valence-corrected chi connectivity index (χ1v) is 6.81. The van der Waals surface area contributed by atoms with Crippen molar-refractivity contribution in [3.05, 3.63) is 11.8 Å². The molecule has 0 atom stereocenters. The van der Waals surface area contributed by atoms with Gasteiger partial charge < -0.3 is 9.73 Å². The van der Waals surface area contributed by atoms with Crippen molar-refractivity contribution in [2.75, 3.05) is 6.54 Å². The fourth-order valence-electron chi connectivity index (χ4n) is 2.34. The highest BCUT2D eigenvalue weighted by atomic mass is 16.4. The number of aromatic nitrogens is 2. The lowest BCUT2D eigenvalue weighted by atomic mass is 10.1. The van der Waals surface area contributed by atoms with Crippen molar-refractivity contribution in [1.29, 1.82) is 0 Å². The van der Waals surface area contributed by atoms with Crippen LogP contribution in [0.2, 0.25) is 0 Å². The Hall–Kier alpha value is -0.900. The van der Waals surface area contributed by atoms with Gasteiger partial charge in [0, 0.05) is 18.4 Å². The molecule has 0 unspecified atom stereocenters. The van der Waals surface area contributed by atoms with Gasteiger partial charge in [0.1, 0.15) is 0 Å². The molecule has 1 aromatic rings. The number of hydrogen-bond acceptors (Lipinski definition) is 4. The molecule has 1 aliphatic rings. The van der Waals surface area contributed by atoms with E-state index in [1.807, 2.05) is 0 Å². The highest BCUT2D eigenvalue weighted by Gasteiger charge is 2.22. The molecule has 1 aliphatic carbocycles. The third-order valence-corrected chi connectivity index (χ3v) is 3.31. The molecule has 0 bridgehead atoms. The zero-order valence-electron chi connectivity index (χ0n) is 10.9. The second-order valence-electron chi connectivity index (χ2n) is 5.23. The molecule has 0 saturated heterocycles. The summed E-state index contributed by atoms with van der Waals surface area (Å²) in [7, 11) is 0. The van der Waals surface area contributed by atoms with E-state index in [0.717, 1.165) is 31.2 Å². The van der Waals surface area contributed by atoms with Crippen LogP contribution in [0.25, 0.3) is 0 Å². The Morgan fingerprint density at radius 1 is 1.29 bits per heavy atom. The highest BCUT2D eigenvalue weighted by Crippen LogP contribution is 2.33. The average Bonchev–Trinajstić information content (AvgIpc) is 2.94. The van der Waals surface area contributed by atoms with Crippen LogP contribution in [-0.4, -0.2) is 22.8 Å². The fourth-order valence-corrected chi connectivity index (χ4v) is 2.34. The first-order valence-electron chi connectivity index (χ1n) is 6.81. The molecule has 1 saturated carbocycles. The Morgan fingerprint density at radius 2 is 2.06 bits per heavy atom. The molecule has 1 aromatic heterocycles. The molecule has 4 heteroatoms. The molecule has 4 nitrogen and oxygen atoms in total. The van der Waals surface area contributed by atoms with E-state index in [9.17, 15) is 0 Å². The lowest BCUT2D eigenvalue weighted by Crippen LogP contribution is -2.23. The van der Waals surface area contributed by atoms with Gasteiger partial charge in [-0.2, -0.15) is 0 Å². The van der Waals surface area contributed by atoms with Gasteiger partial charge in [-0.25, -0.2) is 0 Å². The zero-order valence-corrected chi connectivity index (χ0v) is 10.9. The number of nitrogens with one attached hydrogen (secondary N) is 1. The van der Waals surface area contributed by atoms with Crippen LogP contribution >= 0.6 is 0 Å². The smallest absolute Gasteiger partial charge is 0.219 e. The Kier molecular flexibility index (Phi) is 4.54.